The number of aliphatic carboxylic acids is 1. The summed E-state index contributed by atoms with van der Waals surface area (Å²) in [7, 11) is 0. The van der Waals surface area contributed by atoms with E-state index in [1.807, 2.05) is 26.2 Å². The monoisotopic (exact) mass is 781 g/mol. The number of carboxylic acids is 1. The summed E-state index contributed by atoms with van der Waals surface area (Å²) < 4.78 is 0. The Kier molecular flexibility index (Phi) is 18.1. The van der Waals surface area contributed by atoms with E-state index in [1.54, 1.807) is 54.6 Å². The number of nitrogens with one attached hydrogen (secondary N) is 4. The molecule has 55 heavy (non-hydrogen) atoms. The third-order valence-corrected chi connectivity index (χ3v) is 9.91. The number of carbonyl (C=O) groups is 7. The van der Waals surface area contributed by atoms with Gasteiger partial charge in [-0.05, 0) is 61.2 Å². The minimum atomic E-state index is -1.19. The molecule has 16 heteroatoms. The molecular weight excluding hydrogens is 727 g/mol. The largest absolute Gasteiger partial charge is 0.481 e. The fourth-order valence-electron chi connectivity index (χ4n) is 6.34. The zero-order valence-corrected chi connectivity index (χ0v) is 32.5. The molecule has 15 nitrogen and oxygen atoms in total. The molecule has 1 aliphatic heterocycles. The third-order valence-electron chi connectivity index (χ3n) is 9.27. The number of benzene rings is 2. The van der Waals surface area contributed by atoms with E-state index < -0.39 is 77.7 Å². The highest BCUT2D eigenvalue weighted by Crippen LogP contribution is 2.21. The van der Waals surface area contributed by atoms with Gasteiger partial charge in [0.2, 0.25) is 35.4 Å². The number of rotatable bonds is 22. The van der Waals surface area contributed by atoms with Crippen LogP contribution in [0.5, 0.6) is 0 Å². The van der Waals surface area contributed by atoms with Gasteiger partial charge in [-0.3, -0.25) is 33.6 Å². The molecule has 2 aromatic carbocycles. The molecule has 0 spiro atoms. The highest BCUT2D eigenvalue weighted by molar-refractivity contribution is 7.98. The van der Waals surface area contributed by atoms with Crippen molar-refractivity contribution in [3.63, 3.8) is 0 Å². The first kappa shape index (κ1) is 44.4. The van der Waals surface area contributed by atoms with Gasteiger partial charge in [-0.2, -0.15) is 11.8 Å². The van der Waals surface area contributed by atoms with Gasteiger partial charge in [0.25, 0.3) is 0 Å². The van der Waals surface area contributed by atoms with Gasteiger partial charge in [-0.15, -0.1) is 0 Å². The smallest absolute Gasteiger partial charge is 0.303 e. The SMILES string of the molecule is CSCC[C@H](NC(=O)[C@H](CC(C)C)NC(=O)[C@@H]1CCCN1C(=O)[C@H](Cc1ccccc1)NC(=O)[C@H](Cc1ccccc1)NC(=O)[C@@H](N)CCC(=O)O)C(N)=O. The molecule has 0 unspecified atom stereocenters. The molecule has 300 valence electrons. The van der Waals surface area contributed by atoms with Crippen LogP contribution in [-0.2, 0) is 46.4 Å². The minimum Gasteiger partial charge on any atom is -0.481 e. The van der Waals surface area contributed by atoms with Crippen LogP contribution in [0.25, 0.3) is 0 Å². The van der Waals surface area contributed by atoms with Crippen LogP contribution in [0.1, 0.15) is 63.5 Å². The quantitative estimate of drug-likeness (QED) is 0.0890. The van der Waals surface area contributed by atoms with Crippen molar-refractivity contribution in [2.75, 3.05) is 18.6 Å². The third kappa shape index (κ3) is 14.7. The molecule has 1 saturated heterocycles. The summed E-state index contributed by atoms with van der Waals surface area (Å²) in [5, 5.41) is 20.0. The zero-order chi connectivity index (χ0) is 40.5. The standard InChI is InChI=1S/C39H55N7O8S/c1-24(2)21-29(36(51)42-28(34(41)49)18-20-55-3)44-38(53)32-15-10-19-46(32)39(54)31(23-26-13-8-5-9-14-26)45-37(52)30(22-25-11-6-4-7-12-25)43-35(50)27(40)16-17-33(47)48/h4-9,11-14,24,27-32H,10,15-23,40H2,1-3H3,(H2,41,49)(H,42,51)(H,43,50)(H,44,53)(H,45,52)(H,47,48)/t27-,28-,29-,30-,31-,32-/m0/s1. The van der Waals surface area contributed by atoms with Gasteiger partial charge in [0.15, 0.2) is 0 Å². The molecule has 0 radical (unpaired) electrons. The number of likely N-dealkylation sites (tertiary alicyclic amines) is 1. The summed E-state index contributed by atoms with van der Waals surface area (Å²) in [5.74, 6) is -4.20. The van der Waals surface area contributed by atoms with Crippen LogP contribution >= 0.6 is 11.8 Å². The maximum atomic E-state index is 14.4. The first-order valence-electron chi connectivity index (χ1n) is 18.6. The Balaban J connectivity index is 1.86. The number of nitrogens with two attached hydrogens (primary N) is 2. The molecule has 6 atom stereocenters. The van der Waals surface area contributed by atoms with Crippen molar-refractivity contribution in [3.8, 4) is 0 Å². The lowest BCUT2D eigenvalue weighted by Crippen LogP contribution is -2.60. The first-order chi connectivity index (χ1) is 26.2. The van der Waals surface area contributed by atoms with Crippen molar-refractivity contribution >= 4 is 53.2 Å². The van der Waals surface area contributed by atoms with Gasteiger partial charge in [0.1, 0.15) is 30.2 Å². The van der Waals surface area contributed by atoms with Gasteiger partial charge >= 0.3 is 5.97 Å². The minimum absolute atomic E-state index is 0.00269. The van der Waals surface area contributed by atoms with Crippen LogP contribution < -0.4 is 32.7 Å². The number of thioether (sulfide) groups is 1. The zero-order valence-electron chi connectivity index (χ0n) is 31.7. The van der Waals surface area contributed by atoms with E-state index in [1.165, 1.54) is 16.7 Å². The lowest BCUT2D eigenvalue weighted by Gasteiger charge is -2.31. The van der Waals surface area contributed by atoms with Crippen LogP contribution in [0, 0.1) is 5.92 Å². The summed E-state index contributed by atoms with van der Waals surface area (Å²) in [5.41, 5.74) is 13.0. The molecule has 6 amide bonds. The molecule has 9 N–H and O–H groups in total. The summed E-state index contributed by atoms with van der Waals surface area (Å²) in [6.07, 6.45) is 2.94. The average molecular weight is 782 g/mol. The summed E-state index contributed by atoms with van der Waals surface area (Å²) in [4.78, 5) is 93.3. The maximum absolute atomic E-state index is 14.4. The van der Waals surface area contributed by atoms with Crippen molar-refractivity contribution in [3.05, 3.63) is 71.8 Å². The Morgan fingerprint density at radius 1 is 0.782 bits per heavy atom. The van der Waals surface area contributed by atoms with E-state index in [0.717, 1.165) is 11.1 Å². The van der Waals surface area contributed by atoms with E-state index >= 15 is 0 Å². The van der Waals surface area contributed by atoms with Crippen molar-refractivity contribution in [2.24, 2.45) is 17.4 Å². The summed E-state index contributed by atoms with van der Waals surface area (Å²) in [6, 6.07) is 11.6. The van der Waals surface area contributed by atoms with Gasteiger partial charge in [-0.1, -0.05) is 74.5 Å². The number of carboxylic acid groups (broad SMARTS) is 1. The molecule has 1 fully saturated rings. The van der Waals surface area contributed by atoms with E-state index in [-0.39, 0.29) is 44.6 Å². The van der Waals surface area contributed by atoms with Crippen LogP contribution in [0.2, 0.25) is 0 Å². The van der Waals surface area contributed by atoms with Gasteiger partial charge in [0, 0.05) is 25.8 Å². The lowest BCUT2D eigenvalue weighted by atomic mass is 10.0. The van der Waals surface area contributed by atoms with E-state index in [0.29, 0.717) is 25.0 Å². The average Bonchev–Trinajstić information content (AvgIpc) is 3.65. The number of nitrogens with zero attached hydrogens (tertiary/aromatic N) is 1. The summed E-state index contributed by atoms with van der Waals surface area (Å²) >= 11 is 1.50. The van der Waals surface area contributed by atoms with Crippen molar-refractivity contribution < 1.29 is 38.7 Å². The van der Waals surface area contributed by atoms with Gasteiger partial charge in [-0.25, -0.2) is 0 Å². The molecule has 0 aliphatic carbocycles. The fraction of sp³-hybridized carbons (Fsp3) is 0.513. The van der Waals surface area contributed by atoms with Crippen molar-refractivity contribution in [1.29, 1.82) is 0 Å². The second-order valence-electron chi connectivity index (χ2n) is 14.2. The van der Waals surface area contributed by atoms with Crippen molar-refractivity contribution in [2.45, 2.75) is 101 Å². The molecule has 1 heterocycles. The number of hydrogen-bond donors (Lipinski definition) is 7. The fourth-order valence-corrected chi connectivity index (χ4v) is 6.81. The van der Waals surface area contributed by atoms with E-state index in [9.17, 15) is 33.6 Å². The van der Waals surface area contributed by atoms with Crippen LogP contribution in [-0.4, -0.2) is 106 Å². The Bertz CT molecular complexity index is 1610. The molecule has 0 bridgehead atoms. The van der Waals surface area contributed by atoms with Crippen LogP contribution in [0.3, 0.4) is 0 Å². The Hall–Kier alpha value is -4.96. The Labute approximate surface area is 326 Å². The Morgan fingerprint density at radius 2 is 1.33 bits per heavy atom. The van der Waals surface area contributed by atoms with E-state index in [4.69, 9.17) is 16.6 Å². The van der Waals surface area contributed by atoms with Crippen LogP contribution in [0.4, 0.5) is 0 Å². The molecule has 0 aromatic heterocycles. The number of primary amides is 1. The van der Waals surface area contributed by atoms with Gasteiger partial charge < -0.3 is 42.7 Å². The predicted molar refractivity (Wildman–Crippen MR) is 209 cm³/mol. The second kappa shape index (κ2) is 22.4. The Morgan fingerprint density at radius 3 is 1.87 bits per heavy atom. The highest BCUT2D eigenvalue weighted by Gasteiger charge is 2.40. The van der Waals surface area contributed by atoms with E-state index in [2.05, 4.69) is 21.3 Å². The lowest BCUT2D eigenvalue weighted by molar-refractivity contribution is -0.142. The molecular formula is C39H55N7O8S. The van der Waals surface area contributed by atoms with Crippen LogP contribution in [0.15, 0.2) is 60.7 Å². The van der Waals surface area contributed by atoms with Gasteiger partial charge in [0.05, 0.1) is 6.04 Å². The molecule has 3 rings (SSSR count). The molecule has 1 aliphatic rings. The normalized spacial score (nSPS) is 16.6. The molecule has 0 saturated carbocycles. The number of carbonyl (C=O) groups excluding carboxylic acids is 6. The maximum Gasteiger partial charge on any atom is 0.303 e. The first-order valence-corrected chi connectivity index (χ1v) is 19.9. The van der Waals surface area contributed by atoms with Crippen molar-refractivity contribution in [1.82, 2.24) is 26.2 Å². The molecule has 2 aromatic rings. The highest BCUT2D eigenvalue weighted by atomic mass is 32.2. The number of hydrogen-bond acceptors (Lipinski definition) is 9. The summed E-state index contributed by atoms with van der Waals surface area (Å²) in [6.45, 7) is 4.01. The predicted octanol–water partition coefficient (Wildman–Crippen LogP) is 0.879. The number of amides is 6. The topological polar surface area (TPSA) is 243 Å². The second-order valence-corrected chi connectivity index (χ2v) is 15.2.